The molecule has 0 aliphatic rings. The van der Waals surface area contributed by atoms with E-state index in [4.69, 9.17) is 0 Å². The van der Waals surface area contributed by atoms with Crippen molar-refractivity contribution in [3.05, 3.63) is 29.8 Å². The van der Waals surface area contributed by atoms with Crippen LogP contribution in [-0.2, 0) is 0 Å². The van der Waals surface area contributed by atoms with Gasteiger partial charge in [-0.2, -0.15) is 0 Å². The number of likely N-dealkylation sites (N-methyl/N-ethyl adjacent to an activating group) is 1. The number of carbonyl (C=O) groups is 1. The average molecular weight is 280 g/mol. The maximum absolute atomic E-state index is 12.1. The second kappa shape index (κ2) is 8.35. The summed E-state index contributed by atoms with van der Waals surface area (Å²) >= 11 is 1.69. The molecule has 1 rings (SSSR count). The fraction of sp³-hybridized carbons (Fsp3) is 0.533. The van der Waals surface area contributed by atoms with E-state index in [1.54, 1.807) is 11.8 Å². The van der Waals surface area contributed by atoms with Crippen molar-refractivity contribution >= 4 is 17.5 Å². The third-order valence-corrected chi connectivity index (χ3v) is 3.71. The summed E-state index contributed by atoms with van der Waals surface area (Å²) in [6.07, 6.45) is 3.12. The third kappa shape index (κ3) is 6.23. The molecule has 19 heavy (non-hydrogen) atoms. The Morgan fingerprint density at radius 3 is 2.26 bits per heavy atom. The summed E-state index contributed by atoms with van der Waals surface area (Å²) < 4.78 is 0. The van der Waals surface area contributed by atoms with Crippen LogP contribution in [0.1, 0.15) is 16.8 Å². The van der Waals surface area contributed by atoms with Gasteiger partial charge in [0, 0.05) is 10.5 Å². The number of hydrogen-bond donors (Lipinski definition) is 0. The molecule has 1 aromatic rings. The molecule has 0 radical (unpaired) electrons. The molecule has 1 aromatic carbocycles. The summed E-state index contributed by atoms with van der Waals surface area (Å²) in [6.45, 7) is 2.50. The maximum Gasteiger partial charge on any atom is 0.176 e. The van der Waals surface area contributed by atoms with Gasteiger partial charge in [-0.15, -0.1) is 11.8 Å². The summed E-state index contributed by atoms with van der Waals surface area (Å²) in [6, 6.07) is 7.84. The summed E-state index contributed by atoms with van der Waals surface area (Å²) in [5.74, 6) is 0.194. The second-order valence-corrected chi connectivity index (χ2v) is 5.93. The molecule has 3 nitrogen and oxygen atoms in total. The predicted octanol–water partition coefficient (Wildman–Crippen LogP) is 2.47. The van der Waals surface area contributed by atoms with Gasteiger partial charge < -0.3 is 4.90 Å². The van der Waals surface area contributed by atoms with Gasteiger partial charge in [-0.1, -0.05) is 12.1 Å². The van der Waals surface area contributed by atoms with E-state index in [-0.39, 0.29) is 5.78 Å². The van der Waals surface area contributed by atoms with Crippen molar-refractivity contribution in [2.75, 3.05) is 47.0 Å². The molecule has 0 heterocycles. The Balaban J connectivity index is 2.40. The van der Waals surface area contributed by atoms with Crippen LogP contribution in [0.4, 0.5) is 0 Å². The first-order chi connectivity index (χ1) is 9.02. The van der Waals surface area contributed by atoms with Gasteiger partial charge in [-0.25, -0.2) is 0 Å². The molecule has 0 atom stereocenters. The third-order valence-electron chi connectivity index (χ3n) is 2.97. The van der Waals surface area contributed by atoms with Crippen LogP contribution in [0.15, 0.2) is 29.2 Å². The monoisotopic (exact) mass is 280 g/mol. The minimum atomic E-state index is 0.194. The van der Waals surface area contributed by atoms with Gasteiger partial charge in [-0.05, 0) is 59.0 Å². The van der Waals surface area contributed by atoms with Crippen molar-refractivity contribution in [3.63, 3.8) is 0 Å². The Morgan fingerprint density at radius 1 is 1.11 bits per heavy atom. The summed E-state index contributed by atoms with van der Waals surface area (Å²) in [5.41, 5.74) is 0.803. The van der Waals surface area contributed by atoms with Crippen LogP contribution in [-0.4, -0.2) is 62.6 Å². The van der Waals surface area contributed by atoms with Crippen LogP contribution in [0.5, 0.6) is 0 Å². The molecule has 0 saturated carbocycles. The quantitative estimate of drug-likeness (QED) is 0.539. The Kier molecular flexibility index (Phi) is 7.13. The lowest BCUT2D eigenvalue weighted by Crippen LogP contribution is -2.29. The van der Waals surface area contributed by atoms with Gasteiger partial charge in [-0.3, -0.25) is 9.69 Å². The lowest BCUT2D eigenvalue weighted by atomic mass is 10.1. The van der Waals surface area contributed by atoms with Crippen LogP contribution >= 0.6 is 11.8 Å². The van der Waals surface area contributed by atoms with Crippen LogP contribution in [0.25, 0.3) is 0 Å². The molecule has 106 valence electrons. The molecule has 0 aliphatic carbocycles. The van der Waals surface area contributed by atoms with E-state index in [1.165, 1.54) is 4.90 Å². The zero-order valence-corrected chi connectivity index (χ0v) is 13.2. The van der Waals surface area contributed by atoms with Crippen LogP contribution in [0, 0.1) is 0 Å². The Hall–Kier alpha value is -0.840. The number of carbonyl (C=O) groups excluding carboxylic acids is 1. The zero-order valence-electron chi connectivity index (χ0n) is 12.3. The summed E-state index contributed by atoms with van der Waals surface area (Å²) in [4.78, 5) is 17.5. The van der Waals surface area contributed by atoms with E-state index >= 15 is 0 Å². The van der Waals surface area contributed by atoms with Crippen LogP contribution < -0.4 is 0 Å². The minimum Gasteiger partial charge on any atom is -0.309 e. The van der Waals surface area contributed by atoms with Crippen LogP contribution in [0.3, 0.4) is 0 Å². The van der Waals surface area contributed by atoms with Crippen molar-refractivity contribution in [1.29, 1.82) is 0 Å². The number of benzene rings is 1. The van der Waals surface area contributed by atoms with Gasteiger partial charge in [0.05, 0.1) is 6.54 Å². The van der Waals surface area contributed by atoms with Crippen molar-refractivity contribution in [3.8, 4) is 0 Å². The van der Waals surface area contributed by atoms with Crippen molar-refractivity contribution in [2.45, 2.75) is 11.3 Å². The van der Waals surface area contributed by atoms with E-state index in [9.17, 15) is 4.79 Å². The molecule has 0 aromatic heterocycles. The molecular weight excluding hydrogens is 256 g/mol. The standard InChI is InChI=1S/C15H24N2OS/c1-16(2)10-5-11-17(3)12-15(18)13-6-8-14(19-4)9-7-13/h6-9H,5,10-12H2,1-4H3. The fourth-order valence-corrected chi connectivity index (χ4v) is 2.26. The van der Waals surface area contributed by atoms with E-state index in [0.29, 0.717) is 6.54 Å². The second-order valence-electron chi connectivity index (χ2n) is 5.05. The highest BCUT2D eigenvalue weighted by Crippen LogP contribution is 2.15. The molecule has 0 fully saturated rings. The Morgan fingerprint density at radius 2 is 1.74 bits per heavy atom. The van der Waals surface area contributed by atoms with Gasteiger partial charge in [0.25, 0.3) is 0 Å². The van der Waals surface area contributed by atoms with Crippen LogP contribution in [0.2, 0.25) is 0 Å². The molecule has 0 saturated heterocycles. The van der Waals surface area contributed by atoms with E-state index in [2.05, 4.69) is 23.9 Å². The molecule has 0 spiro atoms. The highest BCUT2D eigenvalue weighted by atomic mass is 32.2. The zero-order chi connectivity index (χ0) is 14.3. The average Bonchev–Trinajstić information content (AvgIpc) is 2.38. The Labute approximate surface area is 121 Å². The molecule has 0 N–H and O–H groups in total. The maximum atomic E-state index is 12.1. The molecule has 4 heteroatoms. The molecule has 0 unspecified atom stereocenters. The highest BCUT2D eigenvalue weighted by molar-refractivity contribution is 7.98. The van der Waals surface area contributed by atoms with Gasteiger partial charge in [0.1, 0.15) is 0 Å². The van der Waals surface area contributed by atoms with Crippen molar-refractivity contribution < 1.29 is 4.79 Å². The number of hydrogen-bond acceptors (Lipinski definition) is 4. The SMILES string of the molecule is CSc1ccc(C(=O)CN(C)CCCN(C)C)cc1. The van der Waals surface area contributed by atoms with E-state index in [1.807, 2.05) is 37.6 Å². The first-order valence-corrected chi connectivity index (χ1v) is 7.76. The normalized spacial score (nSPS) is 11.3. The van der Waals surface area contributed by atoms with Gasteiger partial charge >= 0.3 is 0 Å². The van der Waals surface area contributed by atoms with Gasteiger partial charge in [0.2, 0.25) is 0 Å². The van der Waals surface area contributed by atoms with E-state index in [0.717, 1.165) is 25.1 Å². The highest BCUT2D eigenvalue weighted by Gasteiger charge is 2.09. The Bertz CT molecular complexity index is 390. The first kappa shape index (κ1) is 16.2. The fourth-order valence-electron chi connectivity index (χ4n) is 1.85. The van der Waals surface area contributed by atoms with Crippen molar-refractivity contribution in [2.24, 2.45) is 0 Å². The lowest BCUT2D eigenvalue weighted by molar-refractivity contribution is 0.0944. The number of ketones is 1. The summed E-state index contributed by atoms with van der Waals surface area (Å²) in [7, 11) is 6.14. The lowest BCUT2D eigenvalue weighted by Gasteiger charge is -2.17. The van der Waals surface area contributed by atoms with Crippen molar-refractivity contribution in [1.82, 2.24) is 9.80 Å². The number of nitrogens with zero attached hydrogens (tertiary/aromatic N) is 2. The predicted molar refractivity (Wildman–Crippen MR) is 83.2 cm³/mol. The molecule has 0 aliphatic heterocycles. The number of thioether (sulfide) groups is 1. The summed E-state index contributed by atoms with van der Waals surface area (Å²) in [5, 5.41) is 0. The largest absolute Gasteiger partial charge is 0.309 e. The smallest absolute Gasteiger partial charge is 0.176 e. The number of rotatable bonds is 8. The first-order valence-electron chi connectivity index (χ1n) is 6.53. The minimum absolute atomic E-state index is 0.194. The molecule has 0 amide bonds. The number of Topliss-reactive ketones (excluding diaryl/α,β-unsaturated/α-hetero) is 1. The molecule has 0 bridgehead atoms. The molecular formula is C15H24N2OS. The topological polar surface area (TPSA) is 23.6 Å². The van der Waals surface area contributed by atoms with Gasteiger partial charge in [0.15, 0.2) is 5.78 Å². The van der Waals surface area contributed by atoms with E-state index < -0.39 is 0 Å².